The van der Waals surface area contributed by atoms with E-state index in [2.05, 4.69) is 10.3 Å². The fourth-order valence-corrected chi connectivity index (χ4v) is 6.08. The van der Waals surface area contributed by atoms with Gasteiger partial charge >= 0.3 is 0 Å². The molecular formula is C30H26Cl2N2O4S2. The average Bonchev–Trinajstić information content (AvgIpc) is 3.59. The number of nitrogens with zero attached hydrogens (tertiary/aromatic N) is 1. The van der Waals surface area contributed by atoms with Crippen molar-refractivity contribution >= 4 is 69.1 Å². The number of benzene rings is 2. The number of aryl methyl sites for hydroxylation is 1. The number of thiophene rings is 2. The number of carbonyl (C=O) groups excluding carboxylic acids is 3. The van der Waals surface area contributed by atoms with Gasteiger partial charge in [0.05, 0.1) is 24.7 Å². The predicted octanol–water partition coefficient (Wildman–Crippen LogP) is 7.63. The number of carbonyl (C=O) groups is 3. The smallest absolute Gasteiger partial charge is 0.217 e. The minimum atomic E-state index is -0.197. The molecule has 0 spiro atoms. The molecule has 206 valence electrons. The number of ketones is 2. The Bertz CT molecular complexity index is 1590. The third-order valence-electron chi connectivity index (χ3n) is 6.16. The molecule has 0 atom stereocenters. The van der Waals surface area contributed by atoms with Crippen LogP contribution in [0.5, 0.6) is 5.75 Å². The number of halogens is 2. The van der Waals surface area contributed by atoms with E-state index in [9.17, 15) is 19.5 Å². The van der Waals surface area contributed by atoms with Crippen LogP contribution in [-0.2, 0) is 17.8 Å². The first-order valence-electron chi connectivity index (χ1n) is 12.4. The molecule has 2 aromatic heterocycles. The molecule has 2 aromatic carbocycles. The van der Waals surface area contributed by atoms with Crippen LogP contribution in [0.1, 0.15) is 56.3 Å². The van der Waals surface area contributed by atoms with Crippen molar-refractivity contribution in [3.63, 3.8) is 0 Å². The van der Waals surface area contributed by atoms with E-state index in [4.69, 9.17) is 23.2 Å². The van der Waals surface area contributed by atoms with Crippen molar-refractivity contribution in [3.05, 3.63) is 96.5 Å². The van der Waals surface area contributed by atoms with Gasteiger partial charge in [0.2, 0.25) is 5.91 Å². The molecule has 4 rings (SSSR count). The summed E-state index contributed by atoms with van der Waals surface area (Å²) in [4.78, 5) is 42.6. The lowest BCUT2D eigenvalue weighted by atomic mass is 10.0. The highest BCUT2D eigenvalue weighted by Crippen LogP contribution is 2.40. The first kappa shape index (κ1) is 29.7. The van der Waals surface area contributed by atoms with Crippen LogP contribution in [0, 0.1) is 0 Å². The number of nitrogens with one attached hydrogen (secondary N) is 1. The van der Waals surface area contributed by atoms with Gasteiger partial charge in [0, 0.05) is 36.5 Å². The molecule has 0 aliphatic rings. The summed E-state index contributed by atoms with van der Waals surface area (Å²) in [5.74, 6) is -0.229. The second-order valence-corrected chi connectivity index (χ2v) is 11.9. The fraction of sp³-hybridized carbons (Fsp3) is 0.200. The number of hydrogen-bond acceptors (Lipinski definition) is 7. The Morgan fingerprint density at radius 1 is 0.900 bits per heavy atom. The van der Waals surface area contributed by atoms with E-state index in [1.807, 2.05) is 24.3 Å². The van der Waals surface area contributed by atoms with E-state index in [1.165, 1.54) is 29.6 Å². The first-order chi connectivity index (χ1) is 19.1. The maximum absolute atomic E-state index is 12.8. The van der Waals surface area contributed by atoms with Gasteiger partial charge in [-0.3, -0.25) is 19.4 Å². The number of Topliss-reactive ketones (excluding diaryl/α,β-unsaturated/α-hetero) is 2. The highest BCUT2D eigenvalue weighted by Gasteiger charge is 2.17. The Hall–Kier alpha value is -3.30. The van der Waals surface area contributed by atoms with Crippen molar-refractivity contribution in [1.82, 2.24) is 5.32 Å². The molecule has 0 fully saturated rings. The third-order valence-corrected chi connectivity index (χ3v) is 9.08. The molecule has 2 N–H and O–H groups in total. The second-order valence-electron chi connectivity index (χ2n) is 9.09. The van der Waals surface area contributed by atoms with E-state index in [0.717, 1.165) is 16.7 Å². The Balaban J connectivity index is 1.33. The van der Waals surface area contributed by atoms with Gasteiger partial charge in [-0.25, -0.2) is 0 Å². The fourth-order valence-electron chi connectivity index (χ4n) is 3.87. The van der Waals surface area contributed by atoms with Gasteiger partial charge in [-0.05, 0) is 54.3 Å². The quantitative estimate of drug-likeness (QED) is 0.134. The van der Waals surface area contributed by atoms with Gasteiger partial charge in [0.25, 0.3) is 0 Å². The number of hydrogen-bond donors (Lipinski definition) is 2. The predicted molar refractivity (Wildman–Crippen MR) is 164 cm³/mol. The molecule has 0 aliphatic heterocycles. The largest absolute Gasteiger partial charge is 0.506 e. The van der Waals surface area contributed by atoms with Gasteiger partial charge in [-0.1, -0.05) is 53.5 Å². The standard InChI is InChI=1S/C30H26Cl2N2O4S2/c1-17(22-16-39-30(29(22)38)21-8-9-23(31)24(32)13-21)33-15-26(37)28-12-11-27(40-28)25(36)10-7-19-3-5-20(6-4-19)14-34-18(2)35/h3-6,8-9,11-13,16,38H,7,10,14-15H2,1-2H3,(H,34,35). The summed E-state index contributed by atoms with van der Waals surface area (Å²) in [5.41, 5.74) is 3.83. The monoisotopic (exact) mass is 612 g/mol. The molecule has 10 heteroatoms. The summed E-state index contributed by atoms with van der Waals surface area (Å²) >= 11 is 14.6. The van der Waals surface area contributed by atoms with Crippen LogP contribution in [0.3, 0.4) is 0 Å². The van der Waals surface area contributed by atoms with Crippen molar-refractivity contribution in [3.8, 4) is 16.2 Å². The van der Waals surface area contributed by atoms with Crippen LogP contribution < -0.4 is 5.32 Å². The molecule has 40 heavy (non-hydrogen) atoms. The summed E-state index contributed by atoms with van der Waals surface area (Å²) in [5, 5.41) is 16.1. The molecule has 0 aliphatic carbocycles. The zero-order chi connectivity index (χ0) is 28.8. The van der Waals surface area contributed by atoms with Crippen LogP contribution in [0.2, 0.25) is 10.0 Å². The van der Waals surface area contributed by atoms with Crippen molar-refractivity contribution in [1.29, 1.82) is 0 Å². The summed E-state index contributed by atoms with van der Waals surface area (Å²) in [7, 11) is 0. The van der Waals surface area contributed by atoms with Crippen molar-refractivity contribution < 1.29 is 19.5 Å². The molecule has 0 unspecified atom stereocenters. The van der Waals surface area contributed by atoms with Crippen LogP contribution in [-0.4, -0.2) is 34.8 Å². The van der Waals surface area contributed by atoms with Crippen LogP contribution in [0.4, 0.5) is 0 Å². The lowest BCUT2D eigenvalue weighted by Gasteiger charge is -2.04. The minimum Gasteiger partial charge on any atom is -0.506 e. The average molecular weight is 614 g/mol. The van der Waals surface area contributed by atoms with E-state index >= 15 is 0 Å². The lowest BCUT2D eigenvalue weighted by molar-refractivity contribution is -0.119. The SMILES string of the molecule is CC(=O)NCc1ccc(CCC(=O)c2ccc(C(=O)CN=C(C)c3csc(-c4ccc(Cl)c(Cl)c4)c3O)s2)cc1. The van der Waals surface area contributed by atoms with E-state index < -0.39 is 0 Å². The van der Waals surface area contributed by atoms with Crippen molar-refractivity contribution in [2.75, 3.05) is 6.54 Å². The van der Waals surface area contributed by atoms with Gasteiger partial charge in [0.15, 0.2) is 11.6 Å². The molecular weight excluding hydrogens is 587 g/mol. The van der Waals surface area contributed by atoms with Gasteiger partial charge < -0.3 is 10.4 Å². The van der Waals surface area contributed by atoms with E-state index in [-0.39, 0.29) is 29.8 Å². The van der Waals surface area contributed by atoms with Crippen molar-refractivity contribution in [2.24, 2.45) is 4.99 Å². The molecule has 4 aromatic rings. The van der Waals surface area contributed by atoms with Crippen LogP contribution >= 0.6 is 45.9 Å². The van der Waals surface area contributed by atoms with Crippen molar-refractivity contribution in [2.45, 2.75) is 33.2 Å². The molecule has 0 radical (unpaired) electrons. The highest BCUT2D eigenvalue weighted by atomic mass is 35.5. The Morgan fingerprint density at radius 3 is 2.25 bits per heavy atom. The number of rotatable bonds is 11. The number of amides is 1. The Kier molecular flexibility index (Phi) is 9.92. The zero-order valence-electron chi connectivity index (χ0n) is 21.8. The topological polar surface area (TPSA) is 95.8 Å². The normalized spacial score (nSPS) is 11.4. The summed E-state index contributed by atoms with van der Waals surface area (Å²) in [6.07, 6.45) is 0.910. The maximum Gasteiger partial charge on any atom is 0.217 e. The summed E-state index contributed by atoms with van der Waals surface area (Å²) < 4.78 is 0. The number of aliphatic imine (C=N–C) groups is 1. The van der Waals surface area contributed by atoms with Crippen LogP contribution in [0.15, 0.2) is 65.0 Å². The van der Waals surface area contributed by atoms with E-state index in [1.54, 1.807) is 42.6 Å². The zero-order valence-corrected chi connectivity index (χ0v) is 24.9. The molecule has 1 amide bonds. The molecule has 6 nitrogen and oxygen atoms in total. The lowest BCUT2D eigenvalue weighted by Crippen LogP contribution is -2.18. The molecule has 0 saturated heterocycles. The Morgan fingerprint density at radius 2 is 1.57 bits per heavy atom. The van der Waals surface area contributed by atoms with Gasteiger partial charge in [-0.15, -0.1) is 22.7 Å². The van der Waals surface area contributed by atoms with Gasteiger partial charge in [-0.2, -0.15) is 0 Å². The highest BCUT2D eigenvalue weighted by molar-refractivity contribution is 7.16. The molecule has 2 heterocycles. The maximum atomic E-state index is 12.8. The molecule has 0 saturated carbocycles. The summed E-state index contributed by atoms with van der Waals surface area (Å²) in [6.45, 7) is 3.59. The van der Waals surface area contributed by atoms with E-state index in [0.29, 0.717) is 55.3 Å². The summed E-state index contributed by atoms with van der Waals surface area (Å²) in [6, 6.07) is 16.3. The first-order valence-corrected chi connectivity index (χ1v) is 14.8. The second kappa shape index (κ2) is 13.4. The molecule has 0 bridgehead atoms. The van der Waals surface area contributed by atoms with Crippen LogP contribution in [0.25, 0.3) is 10.4 Å². The Labute approximate surface area is 250 Å². The third kappa shape index (κ3) is 7.46. The van der Waals surface area contributed by atoms with Gasteiger partial charge in [0.1, 0.15) is 12.3 Å². The minimum absolute atomic E-state index is 0.0240. The number of aromatic hydroxyl groups is 1.